The fourth-order valence-electron chi connectivity index (χ4n) is 1.46. The van der Waals surface area contributed by atoms with Crippen LogP contribution in [0.25, 0.3) is 11.0 Å². The first-order valence-corrected chi connectivity index (χ1v) is 5.21. The van der Waals surface area contributed by atoms with Crippen LogP contribution in [0.5, 0.6) is 0 Å². The number of aliphatic hydroxyl groups is 1. The van der Waals surface area contributed by atoms with Gasteiger partial charge in [0.2, 0.25) is 0 Å². The average molecular weight is 255 g/mol. The average Bonchev–Trinajstić information content (AvgIpc) is 2.47. The number of imidazole rings is 1. The van der Waals surface area contributed by atoms with Gasteiger partial charge in [0.05, 0.1) is 11.0 Å². The lowest BCUT2D eigenvalue weighted by molar-refractivity contribution is 0.190. The summed E-state index contributed by atoms with van der Waals surface area (Å²) in [5.74, 6) is 0.612. The fraction of sp³-hybridized carbons (Fsp3) is 0.300. The van der Waals surface area contributed by atoms with E-state index >= 15 is 0 Å². The molecule has 0 aliphatic heterocycles. The van der Waals surface area contributed by atoms with Gasteiger partial charge in [0.15, 0.2) is 0 Å². The van der Waals surface area contributed by atoms with Crippen molar-refractivity contribution in [3.63, 3.8) is 0 Å². The van der Waals surface area contributed by atoms with E-state index in [1.165, 1.54) is 0 Å². The number of hydrogen-bond donors (Lipinski definition) is 2. The van der Waals surface area contributed by atoms with Gasteiger partial charge in [-0.3, -0.25) is 0 Å². The molecule has 2 aromatic rings. The van der Waals surface area contributed by atoms with Crippen molar-refractivity contribution >= 4 is 27.0 Å². The largest absolute Gasteiger partial charge is 0.385 e. The first-order chi connectivity index (χ1) is 6.58. The van der Waals surface area contributed by atoms with Gasteiger partial charge in [0.25, 0.3) is 0 Å². The Morgan fingerprint density at radius 2 is 2.21 bits per heavy atom. The highest BCUT2D eigenvalue weighted by atomic mass is 79.9. The van der Waals surface area contributed by atoms with Crippen LogP contribution in [0, 0.1) is 6.92 Å². The van der Waals surface area contributed by atoms with Crippen LogP contribution in [0.15, 0.2) is 16.6 Å². The van der Waals surface area contributed by atoms with E-state index in [2.05, 4.69) is 25.9 Å². The minimum Gasteiger partial charge on any atom is -0.385 e. The molecule has 1 heterocycles. The second-order valence-electron chi connectivity index (χ2n) is 3.42. The quantitative estimate of drug-likeness (QED) is 0.823. The molecule has 0 bridgehead atoms. The number of nitrogens with zero attached hydrogens (tertiary/aromatic N) is 1. The van der Waals surface area contributed by atoms with Crippen LogP contribution >= 0.6 is 15.9 Å². The van der Waals surface area contributed by atoms with Crippen molar-refractivity contribution in [1.29, 1.82) is 0 Å². The Kier molecular flexibility index (Phi) is 2.33. The van der Waals surface area contributed by atoms with Crippen LogP contribution in [-0.2, 0) is 0 Å². The molecule has 0 radical (unpaired) electrons. The molecule has 0 amide bonds. The fourth-order valence-corrected chi connectivity index (χ4v) is 2.04. The van der Waals surface area contributed by atoms with E-state index in [0.29, 0.717) is 5.82 Å². The molecule has 3 nitrogen and oxygen atoms in total. The lowest BCUT2D eigenvalue weighted by Crippen LogP contribution is -1.92. The van der Waals surface area contributed by atoms with Crippen molar-refractivity contribution in [2.45, 2.75) is 20.0 Å². The molecule has 1 aromatic carbocycles. The summed E-state index contributed by atoms with van der Waals surface area (Å²) in [6.45, 7) is 3.70. The van der Waals surface area contributed by atoms with E-state index < -0.39 is 6.10 Å². The van der Waals surface area contributed by atoms with Gasteiger partial charge in [-0.2, -0.15) is 0 Å². The zero-order chi connectivity index (χ0) is 10.3. The van der Waals surface area contributed by atoms with E-state index in [0.717, 1.165) is 21.1 Å². The highest BCUT2D eigenvalue weighted by molar-refractivity contribution is 9.10. The van der Waals surface area contributed by atoms with Gasteiger partial charge in [0.1, 0.15) is 11.9 Å². The zero-order valence-electron chi connectivity index (χ0n) is 8.00. The maximum atomic E-state index is 9.38. The summed E-state index contributed by atoms with van der Waals surface area (Å²) in [5, 5.41) is 9.38. The number of H-pyrrole nitrogens is 1. The number of aliphatic hydroxyl groups excluding tert-OH is 1. The minimum absolute atomic E-state index is 0.555. The molecule has 0 fully saturated rings. The molecule has 0 saturated heterocycles. The molecule has 4 heteroatoms. The Morgan fingerprint density at radius 1 is 1.50 bits per heavy atom. The first-order valence-electron chi connectivity index (χ1n) is 4.42. The summed E-state index contributed by atoms with van der Waals surface area (Å²) in [4.78, 5) is 7.41. The number of halogens is 1. The van der Waals surface area contributed by atoms with Gasteiger partial charge in [-0.05, 0) is 31.5 Å². The number of aromatic nitrogens is 2. The standard InChI is InChI=1S/C10H11BrN2O/c1-5-3-7(11)4-8-9(5)13-10(12-8)6(2)14/h3-4,6,14H,1-2H3,(H,12,13). The summed E-state index contributed by atoms with van der Waals surface area (Å²) >= 11 is 3.42. The van der Waals surface area contributed by atoms with E-state index in [9.17, 15) is 5.11 Å². The Hall–Kier alpha value is -0.870. The number of rotatable bonds is 1. The van der Waals surface area contributed by atoms with Crippen molar-refractivity contribution in [3.05, 3.63) is 28.0 Å². The Balaban J connectivity index is 2.70. The van der Waals surface area contributed by atoms with Gasteiger partial charge in [-0.1, -0.05) is 15.9 Å². The molecular weight excluding hydrogens is 244 g/mol. The SMILES string of the molecule is Cc1cc(Br)cc2[nH]c(C(C)O)nc12. The molecular formula is C10H11BrN2O. The molecule has 0 aliphatic rings. The summed E-state index contributed by atoms with van der Waals surface area (Å²) < 4.78 is 1.02. The predicted molar refractivity (Wildman–Crippen MR) is 59.2 cm³/mol. The van der Waals surface area contributed by atoms with Crippen LogP contribution in [0.2, 0.25) is 0 Å². The van der Waals surface area contributed by atoms with Crippen LogP contribution < -0.4 is 0 Å². The second kappa shape index (κ2) is 3.37. The monoisotopic (exact) mass is 254 g/mol. The Morgan fingerprint density at radius 3 is 2.86 bits per heavy atom. The summed E-state index contributed by atoms with van der Waals surface area (Å²) in [5.41, 5.74) is 2.97. The molecule has 2 rings (SSSR count). The summed E-state index contributed by atoms with van der Waals surface area (Å²) in [6.07, 6.45) is -0.555. The Labute approximate surface area is 90.3 Å². The van der Waals surface area contributed by atoms with E-state index in [-0.39, 0.29) is 0 Å². The molecule has 2 N–H and O–H groups in total. The maximum Gasteiger partial charge on any atom is 0.135 e. The van der Waals surface area contributed by atoms with E-state index in [4.69, 9.17) is 0 Å². The highest BCUT2D eigenvalue weighted by Gasteiger charge is 2.09. The summed E-state index contributed by atoms with van der Waals surface area (Å²) in [6, 6.07) is 3.97. The lowest BCUT2D eigenvalue weighted by atomic mass is 10.2. The smallest absolute Gasteiger partial charge is 0.135 e. The van der Waals surface area contributed by atoms with Crippen LogP contribution in [0.1, 0.15) is 24.4 Å². The molecule has 0 spiro atoms. The molecule has 1 unspecified atom stereocenters. The molecule has 1 atom stereocenters. The van der Waals surface area contributed by atoms with Crippen molar-refractivity contribution < 1.29 is 5.11 Å². The van der Waals surface area contributed by atoms with Gasteiger partial charge < -0.3 is 10.1 Å². The molecule has 14 heavy (non-hydrogen) atoms. The molecule has 0 aliphatic carbocycles. The van der Waals surface area contributed by atoms with Gasteiger partial charge in [0, 0.05) is 4.47 Å². The highest BCUT2D eigenvalue weighted by Crippen LogP contribution is 2.23. The zero-order valence-corrected chi connectivity index (χ0v) is 9.59. The lowest BCUT2D eigenvalue weighted by Gasteiger charge is -1.95. The van der Waals surface area contributed by atoms with Crippen LogP contribution in [0.3, 0.4) is 0 Å². The number of nitrogens with one attached hydrogen (secondary N) is 1. The topological polar surface area (TPSA) is 48.9 Å². The second-order valence-corrected chi connectivity index (χ2v) is 4.33. The number of aryl methyl sites for hydroxylation is 1. The predicted octanol–water partition coefficient (Wildman–Crippen LogP) is 2.69. The van der Waals surface area contributed by atoms with Crippen molar-refractivity contribution in [2.24, 2.45) is 0 Å². The number of hydrogen-bond acceptors (Lipinski definition) is 2. The van der Waals surface area contributed by atoms with Crippen molar-refractivity contribution in [2.75, 3.05) is 0 Å². The van der Waals surface area contributed by atoms with Gasteiger partial charge in [-0.25, -0.2) is 4.98 Å². The third-order valence-electron chi connectivity index (χ3n) is 2.16. The minimum atomic E-state index is -0.555. The molecule has 74 valence electrons. The van der Waals surface area contributed by atoms with Crippen molar-refractivity contribution in [1.82, 2.24) is 9.97 Å². The molecule has 0 saturated carbocycles. The van der Waals surface area contributed by atoms with E-state index in [1.807, 2.05) is 19.1 Å². The van der Waals surface area contributed by atoms with Crippen LogP contribution in [0.4, 0.5) is 0 Å². The Bertz CT molecular complexity index is 476. The first kappa shape index (κ1) is 9.68. The summed E-state index contributed by atoms with van der Waals surface area (Å²) in [7, 11) is 0. The third kappa shape index (κ3) is 1.55. The van der Waals surface area contributed by atoms with Gasteiger partial charge >= 0.3 is 0 Å². The number of fused-ring (bicyclic) bond motifs is 1. The van der Waals surface area contributed by atoms with E-state index in [1.54, 1.807) is 6.92 Å². The maximum absolute atomic E-state index is 9.38. The van der Waals surface area contributed by atoms with Crippen LogP contribution in [-0.4, -0.2) is 15.1 Å². The number of benzene rings is 1. The number of aromatic amines is 1. The normalized spacial score (nSPS) is 13.4. The third-order valence-corrected chi connectivity index (χ3v) is 2.61. The van der Waals surface area contributed by atoms with Gasteiger partial charge in [-0.15, -0.1) is 0 Å². The molecule has 1 aromatic heterocycles. The van der Waals surface area contributed by atoms with Crippen molar-refractivity contribution in [3.8, 4) is 0 Å².